The molecule has 0 saturated carbocycles. The average Bonchev–Trinajstić information content (AvgIpc) is 3.87. The number of rotatable bonds is 4. The van der Waals surface area contributed by atoms with Gasteiger partial charge in [-0.1, -0.05) is 42.5 Å². The molecule has 0 N–H and O–H groups in total. The Kier molecular flexibility index (Phi) is 4.24. The monoisotopic (exact) mass is 562 g/mol. The minimum atomic E-state index is 0.436. The zero-order valence-corrected chi connectivity index (χ0v) is 22.2. The van der Waals surface area contributed by atoms with Gasteiger partial charge in [0.2, 0.25) is 11.8 Å². The van der Waals surface area contributed by atoms with Crippen molar-refractivity contribution < 1.29 is 18.0 Å². The summed E-state index contributed by atoms with van der Waals surface area (Å²) in [6.45, 7) is 0. The molecule has 0 saturated heterocycles. The highest BCUT2D eigenvalue weighted by atomic mass is 16.5. The molecule has 10 nitrogen and oxygen atoms in total. The van der Waals surface area contributed by atoms with Crippen LogP contribution in [0.15, 0.2) is 123 Å². The molecule has 0 aliphatic heterocycles. The van der Waals surface area contributed by atoms with Crippen molar-refractivity contribution in [2.75, 3.05) is 0 Å². The molecule has 6 aromatic heterocycles. The third-order valence-corrected chi connectivity index (χ3v) is 7.90. The number of nitrogens with zero attached hydrogens (tertiary/aromatic N) is 6. The van der Waals surface area contributed by atoms with Crippen LogP contribution in [-0.2, 0) is 0 Å². The van der Waals surface area contributed by atoms with Crippen LogP contribution in [0.4, 0.5) is 0 Å². The second kappa shape index (κ2) is 8.14. The molecule has 0 unspecified atom stereocenters. The lowest BCUT2D eigenvalue weighted by molar-refractivity contribution is 0.429. The van der Waals surface area contributed by atoms with Crippen LogP contribution in [0.3, 0.4) is 0 Å². The number of benzene rings is 4. The number of hydrogen-bond donors (Lipinski definition) is 0. The Morgan fingerprint density at radius 2 is 1.12 bits per heavy atom. The van der Waals surface area contributed by atoms with Gasteiger partial charge in [-0.3, -0.25) is 4.40 Å². The largest absolute Gasteiger partial charge is 0.432 e. The summed E-state index contributed by atoms with van der Waals surface area (Å²) in [6.07, 6.45) is 6.62. The highest BCUT2D eigenvalue weighted by Gasteiger charge is 2.19. The lowest BCUT2D eigenvalue weighted by Crippen LogP contribution is -1.92. The molecule has 10 heteroatoms. The third-order valence-electron chi connectivity index (χ3n) is 7.90. The minimum Gasteiger partial charge on any atom is -0.432 e. The summed E-state index contributed by atoms with van der Waals surface area (Å²) in [5, 5.41) is 0. The first kappa shape index (κ1) is 22.4. The van der Waals surface area contributed by atoms with E-state index in [1.54, 1.807) is 18.8 Å². The van der Waals surface area contributed by atoms with Crippen molar-refractivity contribution in [3.8, 4) is 34.0 Å². The Labute approximate surface area is 240 Å². The Morgan fingerprint density at radius 1 is 0.512 bits per heavy atom. The van der Waals surface area contributed by atoms with Gasteiger partial charge in [-0.15, -0.1) is 0 Å². The second-order valence-electron chi connectivity index (χ2n) is 10.4. The van der Waals surface area contributed by atoms with Crippen molar-refractivity contribution in [3.63, 3.8) is 0 Å². The molecule has 10 rings (SSSR count). The smallest absolute Gasteiger partial charge is 0.309 e. The summed E-state index contributed by atoms with van der Waals surface area (Å²) in [6, 6.07) is 28.7. The maximum absolute atomic E-state index is 6.34. The molecule has 6 heterocycles. The van der Waals surface area contributed by atoms with E-state index in [4.69, 9.17) is 18.0 Å². The predicted molar refractivity (Wildman–Crippen MR) is 159 cm³/mol. The molecular weight excluding hydrogens is 544 g/mol. The van der Waals surface area contributed by atoms with Crippen LogP contribution in [0.5, 0.6) is 11.8 Å². The van der Waals surface area contributed by atoms with E-state index < -0.39 is 0 Å². The first-order chi connectivity index (χ1) is 21.3. The van der Waals surface area contributed by atoms with Gasteiger partial charge in [0, 0.05) is 6.20 Å². The number of fused-ring (bicyclic) bond motifs is 9. The van der Waals surface area contributed by atoms with Crippen LogP contribution in [0.25, 0.3) is 72.9 Å². The summed E-state index contributed by atoms with van der Waals surface area (Å²) in [5.74, 6) is 2.43. The van der Waals surface area contributed by atoms with Crippen LogP contribution < -0.4 is 4.74 Å². The van der Waals surface area contributed by atoms with E-state index in [2.05, 4.69) is 63.5 Å². The van der Waals surface area contributed by atoms with Crippen molar-refractivity contribution in [1.82, 2.24) is 28.2 Å². The number of hydrogen-bond acceptors (Lipinski definition) is 7. The SMILES string of the molecule is c1cc(-c2ccc3nc4occn4c3c2)cc(-c2ccc3nc4occ(Oc5coc6nc7ccccc7n56)n4c3c2)c1. The topological polar surface area (TPSA) is 101 Å². The highest BCUT2D eigenvalue weighted by Crippen LogP contribution is 2.34. The van der Waals surface area contributed by atoms with E-state index in [0.717, 1.165) is 55.4 Å². The van der Waals surface area contributed by atoms with Crippen molar-refractivity contribution in [3.05, 3.63) is 110 Å². The molecule has 4 aromatic carbocycles. The highest BCUT2D eigenvalue weighted by molar-refractivity contribution is 5.88. The molecule has 0 amide bonds. The van der Waals surface area contributed by atoms with Gasteiger partial charge in [0.05, 0.1) is 33.1 Å². The number of para-hydroxylation sites is 2. The van der Waals surface area contributed by atoms with E-state index >= 15 is 0 Å². The molecule has 0 bridgehead atoms. The number of oxazole rings is 3. The first-order valence-electron chi connectivity index (χ1n) is 13.7. The molecule has 0 aliphatic rings. The standard InChI is InChI=1S/C33H18N6O4/c1-2-7-26-23(6-1)35-32-38(26)29(17-41-32)43-30-18-42-33-36-25-11-9-22(16-28(25)39(30)33)20-5-3-4-19(14-20)21-8-10-24-27(15-21)37-12-13-40-31(37)34-24/h1-18H. The fourth-order valence-corrected chi connectivity index (χ4v) is 5.89. The molecule has 0 atom stereocenters. The second-order valence-corrected chi connectivity index (χ2v) is 10.4. The number of ether oxygens (including phenoxy) is 1. The molecule has 0 fully saturated rings. The van der Waals surface area contributed by atoms with Gasteiger partial charge in [-0.05, 0) is 64.7 Å². The molecule has 0 spiro atoms. The Balaban J connectivity index is 1.07. The van der Waals surface area contributed by atoms with Crippen molar-refractivity contribution in [1.29, 1.82) is 0 Å². The van der Waals surface area contributed by atoms with Crippen LogP contribution in [0.1, 0.15) is 0 Å². The average molecular weight is 563 g/mol. The zero-order chi connectivity index (χ0) is 28.1. The fraction of sp³-hybridized carbons (Fsp3) is 0. The van der Waals surface area contributed by atoms with E-state index in [1.165, 1.54) is 0 Å². The fourth-order valence-electron chi connectivity index (χ4n) is 5.89. The maximum Gasteiger partial charge on any atom is 0.309 e. The minimum absolute atomic E-state index is 0.436. The summed E-state index contributed by atoms with van der Waals surface area (Å²) >= 11 is 0. The van der Waals surface area contributed by atoms with Crippen molar-refractivity contribution in [2.24, 2.45) is 0 Å². The zero-order valence-electron chi connectivity index (χ0n) is 22.2. The van der Waals surface area contributed by atoms with Gasteiger partial charge in [0.1, 0.15) is 6.26 Å². The van der Waals surface area contributed by atoms with Gasteiger partial charge in [0.25, 0.3) is 0 Å². The summed E-state index contributed by atoms with van der Waals surface area (Å²) in [5.41, 5.74) is 9.56. The molecule has 43 heavy (non-hydrogen) atoms. The van der Waals surface area contributed by atoms with Gasteiger partial charge in [-0.25, -0.2) is 8.80 Å². The normalized spacial score (nSPS) is 12.2. The molecule has 10 aromatic rings. The maximum atomic E-state index is 6.34. The Hall–Kier alpha value is -6.29. The Morgan fingerprint density at radius 3 is 1.88 bits per heavy atom. The molecular formula is C33H18N6O4. The van der Waals surface area contributed by atoms with Crippen LogP contribution in [0.2, 0.25) is 0 Å². The van der Waals surface area contributed by atoms with Gasteiger partial charge < -0.3 is 18.0 Å². The molecule has 0 aliphatic carbocycles. The van der Waals surface area contributed by atoms with E-state index in [-0.39, 0.29) is 0 Å². The van der Waals surface area contributed by atoms with Gasteiger partial charge in [-0.2, -0.15) is 15.0 Å². The van der Waals surface area contributed by atoms with Crippen LogP contribution >= 0.6 is 0 Å². The predicted octanol–water partition coefficient (Wildman–Crippen LogP) is 7.99. The Bertz CT molecular complexity index is 2680. The summed E-state index contributed by atoms with van der Waals surface area (Å²) < 4.78 is 28.9. The van der Waals surface area contributed by atoms with Crippen molar-refractivity contribution in [2.45, 2.75) is 0 Å². The summed E-state index contributed by atoms with van der Waals surface area (Å²) in [4.78, 5) is 13.7. The number of aromatic nitrogens is 6. The first-order valence-corrected chi connectivity index (χ1v) is 13.7. The quantitative estimate of drug-likeness (QED) is 0.214. The lowest BCUT2D eigenvalue weighted by Gasteiger charge is -2.07. The van der Waals surface area contributed by atoms with Crippen molar-refractivity contribution >= 4 is 50.6 Å². The lowest BCUT2D eigenvalue weighted by atomic mass is 9.98. The summed E-state index contributed by atoms with van der Waals surface area (Å²) in [7, 11) is 0. The van der Waals surface area contributed by atoms with Gasteiger partial charge >= 0.3 is 17.5 Å². The number of imidazole rings is 3. The van der Waals surface area contributed by atoms with E-state index in [0.29, 0.717) is 29.3 Å². The molecule has 204 valence electrons. The van der Waals surface area contributed by atoms with E-state index in [1.807, 2.05) is 55.8 Å². The van der Waals surface area contributed by atoms with Crippen LogP contribution in [0, 0.1) is 0 Å². The third kappa shape index (κ3) is 3.19. The van der Waals surface area contributed by atoms with Crippen LogP contribution in [-0.4, -0.2) is 28.2 Å². The van der Waals surface area contributed by atoms with Gasteiger partial charge in [0.15, 0.2) is 12.5 Å². The van der Waals surface area contributed by atoms with E-state index in [9.17, 15) is 0 Å². The molecule has 0 radical (unpaired) electrons.